The van der Waals surface area contributed by atoms with Crippen LogP contribution in [0.25, 0.3) is 0 Å². The minimum atomic E-state index is -0.978. The van der Waals surface area contributed by atoms with Crippen molar-refractivity contribution in [1.82, 2.24) is 5.48 Å². The van der Waals surface area contributed by atoms with Crippen molar-refractivity contribution < 1.29 is 18.4 Å². The molecule has 18 heavy (non-hydrogen) atoms. The summed E-state index contributed by atoms with van der Waals surface area (Å²) in [5.41, 5.74) is 2.32. The van der Waals surface area contributed by atoms with E-state index < -0.39 is 17.5 Å². The van der Waals surface area contributed by atoms with E-state index in [0.717, 1.165) is 31.7 Å². The molecule has 1 aliphatic rings. The quantitative estimate of drug-likeness (QED) is 0.839. The lowest BCUT2D eigenvalue weighted by atomic mass is 10.1. The Hall–Kier alpha value is -1.49. The van der Waals surface area contributed by atoms with Crippen LogP contribution in [-0.4, -0.2) is 12.0 Å². The Kier molecular flexibility index (Phi) is 4.25. The van der Waals surface area contributed by atoms with E-state index in [0.29, 0.717) is 0 Å². The summed E-state index contributed by atoms with van der Waals surface area (Å²) in [5.74, 6) is -2.39. The molecule has 1 aromatic carbocycles. The van der Waals surface area contributed by atoms with Gasteiger partial charge >= 0.3 is 0 Å². The van der Waals surface area contributed by atoms with E-state index in [1.54, 1.807) is 0 Å². The Morgan fingerprint density at radius 1 is 1.33 bits per heavy atom. The van der Waals surface area contributed by atoms with Crippen LogP contribution in [0.2, 0.25) is 0 Å². The number of nitrogens with one attached hydrogen (secondary N) is 1. The highest BCUT2D eigenvalue weighted by Gasteiger charge is 2.17. The molecule has 1 saturated carbocycles. The minimum absolute atomic E-state index is 0.0301. The first-order valence-corrected chi connectivity index (χ1v) is 6.04. The van der Waals surface area contributed by atoms with Crippen molar-refractivity contribution in [3.8, 4) is 0 Å². The smallest absolute Gasteiger partial charge is 0.248 e. The molecule has 1 fully saturated rings. The van der Waals surface area contributed by atoms with E-state index in [1.807, 2.05) is 0 Å². The monoisotopic (exact) mass is 255 g/mol. The van der Waals surface area contributed by atoms with Crippen molar-refractivity contribution >= 4 is 5.91 Å². The largest absolute Gasteiger partial charge is 0.272 e. The van der Waals surface area contributed by atoms with Gasteiger partial charge in [0, 0.05) is 5.56 Å². The van der Waals surface area contributed by atoms with Crippen molar-refractivity contribution in [1.29, 1.82) is 0 Å². The average Bonchev–Trinajstić information content (AvgIpc) is 2.86. The molecule has 1 aliphatic carbocycles. The maximum Gasteiger partial charge on any atom is 0.248 e. The summed E-state index contributed by atoms with van der Waals surface area (Å²) in [5, 5.41) is 0. The number of hydroxylamine groups is 1. The molecule has 1 amide bonds. The van der Waals surface area contributed by atoms with Crippen LogP contribution in [-0.2, 0) is 16.1 Å². The Bertz CT molecular complexity index is 431. The second kappa shape index (κ2) is 5.91. The molecule has 0 aliphatic heterocycles. The molecule has 0 unspecified atom stereocenters. The van der Waals surface area contributed by atoms with E-state index in [-0.39, 0.29) is 18.1 Å². The molecule has 98 valence electrons. The van der Waals surface area contributed by atoms with E-state index in [9.17, 15) is 13.6 Å². The van der Waals surface area contributed by atoms with Crippen LogP contribution in [0.3, 0.4) is 0 Å². The Labute approximate surface area is 104 Å². The maximum atomic E-state index is 13.3. The summed E-state index contributed by atoms with van der Waals surface area (Å²) >= 11 is 0. The van der Waals surface area contributed by atoms with Gasteiger partial charge in [0.05, 0.1) is 12.5 Å². The molecule has 0 aromatic heterocycles. The number of hydrogen-bond donors (Lipinski definition) is 1. The molecular weight excluding hydrogens is 240 g/mol. The zero-order valence-electron chi connectivity index (χ0n) is 9.92. The van der Waals surface area contributed by atoms with Gasteiger partial charge in [-0.05, 0) is 18.9 Å². The van der Waals surface area contributed by atoms with Crippen LogP contribution >= 0.6 is 0 Å². The third kappa shape index (κ3) is 3.26. The molecule has 5 heteroatoms. The second-order valence-electron chi connectivity index (χ2n) is 4.44. The zero-order chi connectivity index (χ0) is 13.0. The summed E-state index contributed by atoms with van der Waals surface area (Å²) in [4.78, 5) is 16.7. The van der Waals surface area contributed by atoms with Crippen molar-refractivity contribution in [3.63, 3.8) is 0 Å². The van der Waals surface area contributed by atoms with E-state index >= 15 is 0 Å². The van der Waals surface area contributed by atoms with Gasteiger partial charge in [0.1, 0.15) is 0 Å². The normalized spacial score (nSPS) is 15.9. The number of carbonyl (C=O) groups excluding carboxylic acids is 1. The first-order valence-electron chi connectivity index (χ1n) is 6.04. The first-order chi connectivity index (χ1) is 8.66. The molecular formula is C13H15F2NO2. The second-order valence-corrected chi connectivity index (χ2v) is 4.44. The first kappa shape index (κ1) is 13.0. The Morgan fingerprint density at radius 2 is 2.06 bits per heavy atom. The summed E-state index contributed by atoms with van der Waals surface area (Å²) in [6.07, 6.45) is 3.86. The summed E-state index contributed by atoms with van der Waals surface area (Å²) in [7, 11) is 0. The molecule has 0 spiro atoms. The van der Waals surface area contributed by atoms with Crippen LogP contribution in [0, 0.1) is 11.6 Å². The Balaban J connectivity index is 1.84. The van der Waals surface area contributed by atoms with Gasteiger partial charge in [0.15, 0.2) is 11.6 Å². The molecule has 3 nitrogen and oxygen atoms in total. The fourth-order valence-corrected chi connectivity index (χ4v) is 2.05. The van der Waals surface area contributed by atoms with Crippen molar-refractivity contribution in [3.05, 3.63) is 35.4 Å². The predicted molar refractivity (Wildman–Crippen MR) is 61.5 cm³/mol. The highest BCUT2D eigenvalue weighted by molar-refractivity contribution is 5.77. The number of amides is 1. The van der Waals surface area contributed by atoms with Gasteiger partial charge in [-0.3, -0.25) is 9.63 Å². The summed E-state index contributed by atoms with van der Waals surface area (Å²) in [6.45, 7) is 0. The number of benzene rings is 1. The molecule has 0 atom stereocenters. The zero-order valence-corrected chi connectivity index (χ0v) is 9.92. The van der Waals surface area contributed by atoms with Gasteiger partial charge < -0.3 is 0 Å². The van der Waals surface area contributed by atoms with E-state index in [2.05, 4.69) is 5.48 Å². The minimum Gasteiger partial charge on any atom is -0.272 e. The number of hydrogen-bond acceptors (Lipinski definition) is 2. The summed E-state index contributed by atoms with van der Waals surface area (Å²) in [6, 6.07) is 3.78. The standard InChI is InChI=1S/C13H15F2NO2/c14-11-7-3-4-9(13(11)15)8-12(17)16-18-10-5-1-2-6-10/h3-4,7,10H,1-2,5-6,8H2,(H,16,17). The molecule has 0 radical (unpaired) electrons. The van der Waals surface area contributed by atoms with Crippen LogP contribution in [0.4, 0.5) is 8.78 Å². The topological polar surface area (TPSA) is 38.3 Å². The van der Waals surface area contributed by atoms with Crippen LogP contribution in [0.1, 0.15) is 31.2 Å². The van der Waals surface area contributed by atoms with Crippen LogP contribution in [0.5, 0.6) is 0 Å². The van der Waals surface area contributed by atoms with Crippen molar-refractivity contribution in [2.75, 3.05) is 0 Å². The lowest BCUT2D eigenvalue weighted by molar-refractivity contribution is -0.137. The Morgan fingerprint density at radius 3 is 2.78 bits per heavy atom. The lowest BCUT2D eigenvalue weighted by Crippen LogP contribution is -2.29. The predicted octanol–water partition coefficient (Wildman–Crippen LogP) is 2.50. The summed E-state index contributed by atoms with van der Waals surface area (Å²) < 4.78 is 26.2. The SMILES string of the molecule is O=C(Cc1cccc(F)c1F)NOC1CCCC1. The molecule has 0 bridgehead atoms. The molecule has 0 saturated heterocycles. The molecule has 1 N–H and O–H groups in total. The van der Waals surface area contributed by atoms with Crippen LogP contribution in [0.15, 0.2) is 18.2 Å². The highest BCUT2D eigenvalue weighted by Crippen LogP contribution is 2.20. The fraction of sp³-hybridized carbons (Fsp3) is 0.462. The van der Waals surface area contributed by atoms with E-state index in [4.69, 9.17) is 4.84 Å². The van der Waals surface area contributed by atoms with Gasteiger partial charge in [-0.25, -0.2) is 14.3 Å². The van der Waals surface area contributed by atoms with Gasteiger partial charge in [0.2, 0.25) is 5.91 Å². The molecule has 0 heterocycles. The lowest BCUT2D eigenvalue weighted by Gasteiger charge is -2.11. The van der Waals surface area contributed by atoms with E-state index in [1.165, 1.54) is 12.1 Å². The third-order valence-electron chi connectivity index (χ3n) is 3.02. The average molecular weight is 255 g/mol. The van der Waals surface area contributed by atoms with Crippen LogP contribution < -0.4 is 5.48 Å². The van der Waals surface area contributed by atoms with Gasteiger partial charge in [-0.2, -0.15) is 0 Å². The van der Waals surface area contributed by atoms with Crippen molar-refractivity contribution in [2.45, 2.75) is 38.2 Å². The maximum absolute atomic E-state index is 13.3. The highest BCUT2D eigenvalue weighted by atomic mass is 19.2. The third-order valence-corrected chi connectivity index (χ3v) is 3.02. The molecule has 2 rings (SSSR count). The van der Waals surface area contributed by atoms with Gasteiger partial charge in [-0.1, -0.05) is 25.0 Å². The number of rotatable bonds is 4. The molecule has 1 aromatic rings. The van der Waals surface area contributed by atoms with Gasteiger partial charge in [0.25, 0.3) is 0 Å². The van der Waals surface area contributed by atoms with Crippen molar-refractivity contribution in [2.24, 2.45) is 0 Å². The fourth-order valence-electron chi connectivity index (χ4n) is 2.05. The number of halogens is 2. The van der Waals surface area contributed by atoms with Gasteiger partial charge in [-0.15, -0.1) is 0 Å². The number of carbonyl (C=O) groups is 1.